The Morgan fingerprint density at radius 1 is 1.05 bits per heavy atom. The van der Waals surface area contributed by atoms with Crippen LogP contribution in [0.15, 0.2) is 42.5 Å². The molecule has 1 unspecified atom stereocenters. The van der Waals surface area contributed by atoms with Crippen LogP contribution in [0.2, 0.25) is 0 Å². The normalized spacial score (nSPS) is 11.6. The molecular weight excluding hydrogens is 282 g/mol. The molecule has 0 fully saturated rings. The number of hydrogen-bond acceptors (Lipinski definition) is 5. The molecule has 0 aliphatic heterocycles. The molecule has 0 heterocycles. The second-order valence-corrected chi connectivity index (χ2v) is 4.63. The zero-order chi connectivity index (χ0) is 15.9. The summed E-state index contributed by atoms with van der Waals surface area (Å²) in [5.74, 6) is 2.02. The first-order valence-corrected chi connectivity index (χ1v) is 6.83. The average Bonchev–Trinajstić information content (AvgIpc) is 2.59. The molecule has 0 bridgehead atoms. The summed E-state index contributed by atoms with van der Waals surface area (Å²) in [5.41, 5.74) is 8.10. The van der Waals surface area contributed by atoms with E-state index in [4.69, 9.17) is 19.9 Å². The van der Waals surface area contributed by atoms with Crippen LogP contribution in [0.1, 0.15) is 17.2 Å². The van der Waals surface area contributed by atoms with Crippen molar-refractivity contribution in [3.05, 3.63) is 53.6 Å². The van der Waals surface area contributed by atoms with Gasteiger partial charge < -0.3 is 19.9 Å². The van der Waals surface area contributed by atoms with E-state index >= 15 is 0 Å². The predicted octanol–water partition coefficient (Wildman–Crippen LogP) is 2.33. The van der Waals surface area contributed by atoms with Crippen LogP contribution in [0.3, 0.4) is 0 Å². The highest BCUT2D eigenvalue weighted by atomic mass is 16.5. The highest BCUT2D eigenvalue weighted by molar-refractivity contribution is 5.51. The molecule has 22 heavy (non-hydrogen) atoms. The summed E-state index contributed by atoms with van der Waals surface area (Å²) in [5, 5.41) is 0. The van der Waals surface area contributed by atoms with Crippen molar-refractivity contribution < 1.29 is 19.0 Å². The lowest BCUT2D eigenvalue weighted by Gasteiger charge is -2.17. The van der Waals surface area contributed by atoms with Crippen molar-refractivity contribution in [3.8, 4) is 17.2 Å². The lowest BCUT2D eigenvalue weighted by Crippen LogP contribution is -2.13. The number of hydrogen-bond donors (Lipinski definition) is 1. The van der Waals surface area contributed by atoms with Gasteiger partial charge in [-0.2, -0.15) is 0 Å². The van der Waals surface area contributed by atoms with Crippen molar-refractivity contribution in [3.63, 3.8) is 0 Å². The van der Waals surface area contributed by atoms with E-state index in [0.29, 0.717) is 23.5 Å². The molecule has 0 saturated carbocycles. The number of benzene rings is 2. The summed E-state index contributed by atoms with van der Waals surface area (Å²) in [6.07, 6.45) is 0.710. The van der Waals surface area contributed by atoms with Crippen LogP contribution >= 0.6 is 0 Å². The fraction of sp³-hybridized carbons (Fsp3) is 0.235. The summed E-state index contributed by atoms with van der Waals surface area (Å²) < 4.78 is 15.8. The van der Waals surface area contributed by atoms with Crippen molar-refractivity contribution in [2.45, 2.75) is 6.04 Å². The molecule has 0 aliphatic carbocycles. The molecule has 0 amide bonds. The van der Waals surface area contributed by atoms with Crippen LogP contribution in [0, 0.1) is 0 Å². The van der Waals surface area contributed by atoms with E-state index in [1.807, 2.05) is 24.3 Å². The third-order valence-electron chi connectivity index (χ3n) is 3.33. The van der Waals surface area contributed by atoms with Gasteiger partial charge in [0.1, 0.15) is 23.9 Å². The van der Waals surface area contributed by atoms with Gasteiger partial charge in [0.05, 0.1) is 20.3 Å². The number of aldehydes is 1. The first-order chi connectivity index (χ1) is 10.7. The molecule has 0 spiro atoms. The summed E-state index contributed by atoms with van der Waals surface area (Å²) in [7, 11) is 3.20. The number of carbonyl (C=O) groups is 1. The van der Waals surface area contributed by atoms with Crippen LogP contribution in [-0.4, -0.2) is 27.1 Å². The molecule has 2 N–H and O–H groups in total. The fourth-order valence-corrected chi connectivity index (χ4v) is 2.16. The molecule has 0 aromatic heterocycles. The smallest absolute Gasteiger partial charge is 0.157 e. The molecule has 5 heteroatoms. The van der Waals surface area contributed by atoms with Crippen LogP contribution in [-0.2, 0) is 4.79 Å². The minimum atomic E-state index is -0.332. The topological polar surface area (TPSA) is 70.8 Å². The van der Waals surface area contributed by atoms with Crippen LogP contribution in [0.5, 0.6) is 17.2 Å². The van der Waals surface area contributed by atoms with E-state index < -0.39 is 0 Å². The molecule has 5 nitrogen and oxygen atoms in total. The fourth-order valence-electron chi connectivity index (χ4n) is 2.16. The van der Waals surface area contributed by atoms with Crippen LogP contribution < -0.4 is 19.9 Å². The van der Waals surface area contributed by atoms with Gasteiger partial charge in [0.25, 0.3) is 0 Å². The molecule has 0 aliphatic rings. The van der Waals surface area contributed by atoms with Crippen molar-refractivity contribution >= 4 is 6.29 Å². The molecule has 2 rings (SSSR count). The summed E-state index contributed by atoms with van der Waals surface area (Å²) in [6.45, 7) is 0.0394. The Balaban J connectivity index is 2.23. The predicted molar refractivity (Wildman–Crippen MR) is 83.6 cm³/mol. The Bertz CT molecular complexity index is 625. The maximum Gasteiger partial charge on any atom is 0.157 e. The maximum absolute atomic E-state index is 10.3. The van der Waals surface area contributed by atoms with Crippen molar-refractivity contribution in [1.29, 1.82) is 0 Å². The van der Waals surface area contributed by atoms with E-state index in [1.54, 1.807) is 32.4 Å². The Morgan fingerprint density at radius 3 is 2.32 bits per heavy atom. The van der Waals surface area contributed by atoms with E-state index in [-0.39, 0.29) is 12.6 Å². The van der Waals surface area contributed by atoms with Gasteiger partial charge in [0.15, 0.2) is 6.29 Å². The van der Waals surface area contributed by atoms with Crippen molar-refractivity contribution in [1.82, 2.24) is 0 Å². The second kappa shape index (κ2) is 7.47. The van der Waals surface area contributed by atoms with Gasteiger partial charge in [-0.3, -0.25) is 4.79 Å². The lowest BCUT2D eigenvalue weighted by molar-refractivity contribution is -0.109. The van der Waals surface area contributed by atoms with E-state index in [9.17, 15) is 4.79 Å². The van der Waals surface area contributed by atoms with Gasteiger partial charge in [0.2, 0.25) is 0 Å². The first kappa shape index (κ1) is 15.9. The lowest BCUT2D eigenvalue weighted by atomic mass is 9.98. The van der Waals surface area contributed by atoms with Gasteiger partial charge in [-0.05, 0) is 29.8 Å². The Kier molecular flexibility index (Phi) is 5.38. The van der Waals surface area contributed by atoms with E-state index in [2.05, 4.69) is 0 Å². The monoisotopic (exact) mass is 301 g/mol. The minimum absolute atomic E-state index is 0.0394. The zero-order valence-electron chi connectivity index (χ0n) is 12.6. The Labute approximate surface area is 129 Å². The molecule has 116 valence electrons. The quantitative estimate of drug-likeness (QED) is 0.795. The molecule has 0 saturated heterocycles. The van der Waals surface area contributed by atoms with Gasteiger partial charge >= 0.3 is 0 Å². The zero-order valence-corrected chi connectivity index (χ0v) is 12.6. The average molecular weight is 301 g/mol. The molecule has 2 aromatic rings. The number of carbonyl (C=O) groups excluding carboxylic acids is 1. The van der Waals surface area contributed by atoms with E-state index in [1.165, 1.54) is 0 Å². The van der Waals surface area contributed by atoms with Gasteiger partial charge in [-0.15, -0.1) is 0 Å². The van der Waals surface area contributed by atoms with Gasteiger partial charge in [-0.25, -0.2) is 0 Å². The second-order valence-electron chi connectivity index (χ2n) is 4.63. The highest BCUT2D eigenvalue weighted by Crippen LogP contribution is 2.32. The van der Waals surface area contributed by atoms with Gasteiger partial charge in [-0.1, -0.05) is 12.1 Å². The minimum Gasteiger partial charge on any atom is -0.497 e. The molecular formula is C17H19NO4. The molecule has 2 aromatic carbocycles. The third-order valence-corrected chi connectivity index (χ3v) is 3.33. The Morgan fingerprint density at radius 2 is 1.73 bits per heavy atom. The number of methoxy groups -OCH3 is 2. The largest absolute Gasteiger partial charge is 0.497 e. The number of nitrogens with two attached hydrogens (primary N) is 1. The third kappa shape index (κ3) is 3.56. The van der Waals surface area contributed by atoms with Crippen molar-refractivity contribution in [2.24, 2.45) is 5.73 Å². The van der Waals surface area contributed by atoms with Crippen LogP contribution in [0.4, 0.5) is 0 Å². The number of ether oxygens (including phenoxy) is 3. The highest BCUT2D eigenvalue weighted by Gasteiger charge is 2.15. The standard InChI is InChI=1S/C17H19NO4/c1-20-14-7-8-15(16(11-14)21-2)17(18)12-3-5-13(6-4-12)22-10-9-19/h3-9,11,17H,10,18H2,1-2H3. The summed E-state index contributed by atoms with van der Waals surface area (Å²) in [6, 6.07) is 12.5. The maximum atomic E-state index is 10.3. The molecule has 0 radical (unpaired) electrons. The summed E-state index contributed by atoms with van der Waals surface area (Å²) in [4.78, 5) is 10.3. The Hall–Kier alpha value is -2.53. The SMILES string of the molecule is COc1ccc(C(N)c2ccc(OCC=O)cc2)c(OC)c1. The van der Waals surface area contributed by atoms with Gasteiger partial charge in [0, 0.05) is 11.6 Å². The number of rotatable bonds is 7. The first-order valence-electron chi connectivity index (χ1n) is 6.83. The summed E-state index contributed by atoms with van der Waals surface area (Å²) >= 11 is 0. The van der Waals surface area contributed by atoms with E-state index in [0.717, 1.165) is 11.1 Å². The van der Waals surface area contributed by atoms with Crippen molar-refractivity contribution in [2.75, 3.05) is 20.8 Å². The van der Waals surface area contributed by atoms with Crippen LogP contribution in [0.25, 0.3) is 0 Å². The molecule has 1 atom stereocenters.